The van der Waals surface area contributed by atoms with E-state index in [1.807, 2.05) is 36.1 Å². The van der Waals surface area contributed by atoms with E-state index in [0.717, 1.165) is 42.1 Å². The normalized spacial score (nSPS) is 15.3. The number of aromatic nitrogens is 3. The first-order valence-electron chi connectivity index (χ1n) is 9.17. The minimum atomic E-state index is 0.184. The average molecular weight is 382 g/mol. The molecule has 4 rings (SSSR count). The van der Waals surface area contributed by atoms with Crippen LogP contribution in [-0.4, -0.2) is 39.1 Å². The van der Waals surface area contributed by atoms with E-state index in [1.54, 1.807) is 5.51 Å². The average Bonchev–Trinajstić information content (AvgIpc) is 3.32. The Bertz CT molecular complexity index is 924. The third-order valence-corrected chi connectivity index (χ3v) is 5.97. The van der Waals surface area contributed by atoms with Crippen LogP contribution in [0.15, 0.2) is 34.2 Å². The molecule has 1 amide bonds. The summed E-state index contributed by atoms with van der Waals surface area (Å²) in [7, 11) is 0. The first kappa shape index (κ1) is 17.9. The number of nitrogens with zero attached hydrogens (tertiary/aromatic N) is 4. The standard InChI is InChI=1S/C20H22N4O2S/c1-13-3-5-15(6-4-13)11-17(25)24-9-7-16(8-10-24)19-22-23-20(26-19)18-14(2)21-12-27-18/h3-6,12,16H,7-11H2,1-2H3. The van der Waals surface area contributed by atoms with Crippen LogP contribution in [0.2, 0.25) is 0 Å². The SMILES string of the molecule is Cc1ccc(CC(=O)N2CCC(c3nnc(-c4scnc4C)o3)CC2)cc1. The van der Waals surface area contributed by atoms with Gasteiger partial charge in [-0.15, -0.1) is 21.5 Å². The highest BCUT2D eigenvalue weighted by molar-refractivity contribution is 7.13. The molecule has 0 spiro atoms. The zero-order valence-electron chi connectivity index (χ0n) is 15.5. The Morgan fingerprint density at radius 3 is 2.59 bits per heavy atom. The molecule has 0 radical (unpaired) electrons. The zero-order chi connectivity index (χ0) is 18.8. The van der Waals surface area contributed by atoms with Gasteiger partial charge in [-0.2, -0.15) is 0 Å². The maximum atomic E-state index is 12.6. The van der Waals surface area contributed by atoms with E-state index in [0.29, 0.717) is 18.2 Å². The van der Waals surface area contributed by atoms with Crippen molar-refractivity contribution in [1.82, 2.24) is 20.1 Å². The minimum absolute atomic E-state index is 0.184. The number of aryl methyl sites for hydroxylation is 2. The predicted octanol–water partition coefficient (Wildman–Crippen LogP) is 3.76. The molecule has 0 N–H and O–H groups in total. The Balaban J connectivity index is 1.35. The molecule has 7 heteroatoms. The Morgan fingerprint density at radius 2 is 1.93 bits per heavy atom. The number of thiazole rings is 1. The van der Waals surface area contributed by atoms with Crippen molar-refractivity contribution in [1.29, 1.82) is 0 Å². The van der Waals surface area contributed by atoms with Crippen molar-refractivity contribution in [3.05, 3.63) is 52.5 Å². The molecule has 1 aliphatic heterocycles. The Kier molecular flexibility index (Phi) is 5.03. The molecule has 0 saturated carbocycles. The van der Waals surface area contributed by atoms with Crippen LogP contribution in [0.1, 0.15) is 41.5 Å². The smallest absolute Gasteiger partial charge is 0.259 e. The Labute approximate surface area is 162 Å². The second kappa shape index (κ2) is 7.60. The number of rotatable bonds is 4. The first-order valence-corrected chi connectivity index (χ1v) is 10.1. The number of likely N-dealkylation sites (tertiary alicyclic amines) is 1. The van der Waals surface area contributed by atoms with Crippen molar-refractivity contribution in [2.75, 3.05) is 13.1 Å². The summed E-state index contributed by atoms with van der Waals surface area (Å²) < 4.78 is 5.90. The fourth-order valence-corrected chi connectivity index (χ4v) is 4.09. The van der Waals surface area contributed by atoms with E-state index in [1.165, 1.54) is 16.9 Å². The van der Waals surface area contributed by atoms with Gasteiger partial charge in [0.15, 0.2) is 0 Å². The number of hydrogen-bond donors (Lipinski definition) is 0. The molecule has 27 heavy (non-hydrogen) atoms. The second-order valence-electron chi connectivity index (χ2n) is 7.03. The van der Waals surface area contributed by atoms with Gasteiger partial charge in [0.25, 0.3) is 5.89 Å². The number of piperidine rings is 1. The summed E-state index contributed by atoms with van der Waals surface area (Å²) in [5, 5.41) is 8.43. The maximum Gasteiger partial charge on any atom is 0.259 e. The minimum Gasteiger partial charge on any atom is -0.420 e. The van der Waals surface area contributed by atoms with E-state index in [2.05, 4.69) is 22.1 Å². The molecule has 1 saturated heterocycles. The fraction of sp³-hybridized carbons (Fsp3) is 0.400. The molecule has 140 valence electrons. The quantitative estimate of drug-likeness (QED) is 0.687. The molecule has 0 atom stereocenters. The summed E-state index contributed by atoms with van der Waals surface area (Å²) >= 11 is 1.51. The highest BCUT2D eigenvalue weighted by Crippen LogP contribution is 2.31. The summed E-state index contributed by atoms with van der Waals surface area (Å²) in [5.74, 6) is 1.61. The van der Waals surface area contributed by atoms with Crippen LogP contribution < -0.4 is 0 Å². The topological polar surface area (TPSA) is 72.1 Å². The van der Waals surface area contributed by atoms with E-state index in [-0.39, 0.29) is 11.8 Å². The lowest BCUT2D eigenvalue weighted by Gasteiger charge is -2.30. The lowest BCUT2D eigenvalue weighted by molar-refractivity contribution is -0.131. The van der Waals surface area contributed by atoms with E-state index in [4.69, 9.17) is 4.42 Å². The van der Waals surface area contributed by atoms with Gasteiger partial charge < -0.3 is 9.32 Å². The monoisotopic (exact) mass is 382 g/mol. The van der Waals surface area contributed by atoms with Crippen LogP contribution in [0.3, 0.4) is 0 Å². The molecule has 0 bridgehead atoms. The molecule has 6 nitrogen and oxygen atoms in total. The molecule has 3 aromatic rings. The third kappa shape index (κ3) is 3.93. The van der Waals surface area contributed by atoms with Gasteiger partial charge in [0.05, 0.1) is 17.6 Å². The van der Waals surface area contributed by atoms with Gasteiger partial charge in [-0.05, 0) is 32.3 Å². The second-order valence-corrected chi connectivity index (χ2v) is 7.88. The molecule has 0 unspecified atom stereocenters. The number of benzene rings is 1. The number of carbonyl (C=O) groups is 1. The van der Waals surface area contributed by atoms with Crippen molar-refractivity contribution in [3.8, 4) is 10.8 Å². The van der Waals surface area contributed by atoms with Crippen LogP contribution in [0.5, 0.6) is 0 Å². The first-order chi connectivity index (χ1) is 13.1. The predicted molar refractivity (Wildman–Crippen MR) is 104 cm³/mol. The van der Waals surface area contributed by atoms with Gasteiger partial charge in [0.1, 0.15) is 4.88 Å². The number of amides is 1. The largest absolute Gasteiger partial charge is 0.420 e. The van der Waals surface area contributed by atoms with E-state index in [9.17, 15) is 4.79 Å². The van der Waals surface area contributed by atoms with Gasteiger partial charge in [-0.1, -0.05) is 29.8 Å². The summed E-state index contributed by atoms with van der Waals surface area (Å²) in [6.45, 7) is 5.45. The van der Waals surface area contributed by atoms with Crippen molar-refractivity contribution in [2.45, 2.75) is 39.0 Å². The summed E-state index contributed by atoms with van der Waals surface area (Å²) in [6, 6.07) is 8.16. The lowest BCUT2D eigenvalue weighted by atomic mass is 9.96. The van der Waals surface area contributed by atoms with Gasteiger partial charge >= 0.3 is 0 Å². The summed E-state index contributed by atoms with van der Waals surface area (Å²) in [6.07, 6.45) is 2.16. The molecule has 1 aliphatic rings. The van der Waals surface area contributed by atoms with E-state index >= 15 is 0 Å². The van der Waals surface area contributed by atoms with Crippen molar-refractivity contribution < 1.29 is 9.21 Å². The Morgan fingerprint density at radius 1 is 1.19 bits per heavy atom. The molecule has 1 fully saturated rings. The fourth-order valence-electron chi connectivity index (χ4n) is 3.37. The molecule has 3 heterocycles. The van der Waals surface area contributed by atoms with Crippen LogP contribution in [0.4, 0.5) is 0 Å². The van der Waals surface area contributed by atoms with Crippen LogP contribution in [0.25, 0.3) is 10.8 Å². The van der Waals surface area contributed by atoms with Crippen molar-refractivity contribution >= 4 is 17.2 Å². The molecule has 2 aromatic heterocycles. The van der Waals surface area contributed by atoms with Crippen LogP contribution >= 0.6 is 11.3 Å². The number of carbonyl (C=O) groups excluding carboxylic acids is 1. The van der Waals surface area contributed by atoms with Gasteiger partial charge in [0, 0.05) is 19.0 Å². The number of hydrogen-bond acceptors (Lipinski definition) is 6. The molecule has 1 aromatic carbocycles. The van der Waals surface area contributed by atoms with Gasteiger partial charge in [0.2, 0.25) is 11.8 Å². The maximum absolute atomic E-state index is 12.6. The van der Waals surface area contributed by atoms with Crippen LogP contribution in [-0.2, 0) is 11.2 Å². The summed E-state index contributed by atoms with van der Waals surface area (Å²) in [5.41, 5.74) is 4.97. The summed E-state index contributed by atoms with van der Waals surface area (Å²) in [4.78, 5) is 19.7. The molecular weight excluding hydrogens is 360 g/mol. The lowest BCUT2D eigenvalue weighted by Crippen LogP contribution is -2.38. The Hall–Kier alpha value is -2.54. The van der Waals surface area contributed by atoms with Crippen molar-refractivity contribution in [3.63, 3.8) is 0 Å². The zero-order valence-corrected chi connectivity index (χ0v) is 16.3. The van der Waals surface area contributed by atoms with Crippen LogP contribution in [0, 0.1) is 13.8 Å². The van der Waals surface area contributed by atoms with Gasteiger partial charge in [-0.25, -0.2) is 4.98 Å². The van der Waals surface area contributed by atoms with Gasteiger partial charge in [-0.3, -0.25) is 4.79 Å². The highest BCUT2D eigenvalue weighted by atomic mass is 32.1. The molecular formula is C20H22N4O2S. The highest BCUT2D eigenvalue weighted by Gasteiger charge is 2.27. The van der Waals surface area contributed by atoms with E-state index < -0.39 is 0 Å². The third-order valence-electron chi connectivity index (χ3n) is 5.05. The van der Waals surface area contributed by atoms with Crippen molar-refractivity contribution in [2.24, 2.45) is 0 Å². The molecule has 0 aliphatic carbocycles.